The topological polar surface area (TPSA) is 66.6 Å². The number of hydrogen-bond donors (Lipinski definition) is 1. The van der Waals surface area contributed by atoms with Gasteiger partial charge in [0.1, 0.15) is 0 Å². The van der Waals surface area contributed by atoms with Gasteiger partial charge in [0.15, 0.2) is 0 Å². The van der Waals surface area contributed by atoms with E-state index in [4.69, 9.17) is 5.11 Å². The van der Waals surface area contributed by atoms with Crippen LogP contribution in [0, 0.1) is 10.1 Å². The zero-order valence-electron chi connectivity index (χ0n) is 11.3. The molecule has 0 bridgehead atoms. The molecule has 0 heterocycles. The predicted molar refractivity (Wildman–Crippen MR) is 80.5 cm³/mol. The van der Waals surface area contributed by atoms with E-state index in [2.05, 4.69) is 20.8 Å². The Morgan fingerprint density at radius 3 is 2.75 bits per heavy atom. The van der Waals surface area contributed by atoms with Crippen LogP contribution in [0.15, 0.2) is 22.7 Å². The van der Waals surface area contributed by atoms with E-state index in [1.807, 2.05) is 6.07 Å². The first-order chi connectivity index (χ1) is 9.63. The van der Waals surface area contributed by atoms with Gasteiger partial charge in [0.2, 0.25) is 0 Å². The third-order valence-corrected chi connectivity index (χ3v) is 4.74. The lowest BCUT2D eigenvalue weighted by molar-refractivity contribution is -0.385. The summed E-state index contributed by atoms with van der Waals surface area (Å²) in [5, 5.41) is 20.0. The number of aliphatic hydroxyl groups excluding tert-OH is 1. The predicted octanol–water partition coefficient (Wildman–Crippen LogP) is 3.09. The number of nitro groups is 1. The van der Waals surface area contributed by atoms with Gasteiger partial charge in [-0.25, -0.2) is 0 Å². The van der Waals surface area contributed by atoms with Crippen molar-refractivity contribution in [3.63, 3.8) is 0 Å². The van der Waals surface area contributed by atoms with Crippen LogP contribution in [-0.2, 0) is 6.54 Å². The third kappa shape index (κ3) is 3.56. The summed E-state index contributed by atoms with van der Waals surface area (Å²) >= 11 is 3.35. The quantitative estimate of drug-likeness (QED) is 0.610. The van der Waals surface area contributed by atoms with Crippen LogP contribution < -0.4 is 0 Å². The van der Waals surface area contributed by atoms with Gasteiger partial charge in [-0.2, -0.15) is 0 Å². The molecule has 2 rings (SSSR count). The number of halogens is 1. The largest absolute Gasteiger partial charge is 0.396 e. The Kier molecular flexibility index (Phi) is 5.51. The van der Waals surface area contributed by atoms with E-state index in [0.29, 0.717) is 17.1 Å². The molecular weight excluding hydrogens is 324 g/mol. The summed E-state index contributed by atoms with van der Waals surface area (Å²) in [7, 11) is 0. The number of nitro benzene ring substituents is 1. The maximum absolute atomic E-state index is 11.0. The minimum absolute atomic E-state index is 0.109. The van der Waals surface area contributed by atoms with E-state index in [-0.39, 0.29) is 17.2 Å². The molecule has 0 spiro atoms. The molecule has 1 N–H and O–H groups in total. The molecule has 0 radical (unpaired) electrons. The van der Waals surface area contributed by atoms with Gasteiger partial charge in [0.25, 0.3) is 5.69 Å². The lowest BCUT2D eigenvalue weighted by atomic mass is 9.91. The molecule has 1 aliphatic rings. The van der Waals surface area contributed by atoms with E-state index in [0.717, 1.165) is 18.5 Å². The van der Waals surface area contributed by atoms with Gasteiger partial charge in [-0.1, -0.05) is 18.6 Å². The Hall–Kier alpha value is -0.980. The second-order valence-corrected chi connectivity index (χ2v) is 5.93. The van der Waals surface area contributed by atoms with Gasteiger partial charge >= 0.3 is 0 Å². The van der Waals surface area contributed by atoms with Crippen LogP contribution in [0.1, 0.15) is 31.2 Å². The van der Waals surface area contributed by atoms with E-state index < -0.39 is 0 Å². The van der Waals surface area contributed by atoms with Crippen molar-refractivity contribution in [2.45, 2.75) is 38.3 Å². The zero-order chi connectivity index (χ0) is 14.5. The van der Waals surface area contributed by atoms with E-state index in [9.17, 15) is 10.1 Å². The Morgan fingerprint density at radius 1 is 1.45 bits per heavy atom. The summed E-state index contributed by atoms with van der Waals surface area (Å²) in [4.78, 5) is 12.9. The minimum Gasteiger partial charge on any atom is -0.396 e. The Balaban J connectivity index is 2.13. The maximum atomic E-state index is 11.0. The molecule has 1 aromatic carbocycles. The van der Waals surface area contributed by atoms with Crippen LogP contribution in [0.3, 0.4) is 0 Å². The van der Waals surface area contributed by atoms with Crippen LogP contribution in [0.25, 0.3) is 0 Å². The lowest BCUT2D eigenvalue weighted by Crippen LogP contribution is -2.40. The summed E-state index contributed by atoms with van der Waals surface area (Å²) in [5.74, 6) is 0. The van der Waals surface area contributed by atoms with Crippen molar-refractivity contribution in [3.8, 4) is 0 Å². The zero-order valence-corrected chi connectivity index (χ0v) is 12.9. The lowest BCUT2D eigenvalue weighted by Gasteiger charge is -2.37. The van der Waals surface area contributed by atoms with Gasteiger partial charge in [0, 0.05) is 31.8 Å². The molecule has 1 aliphatic carbocycles. The van der Waals surface area contributed by atoms with Crippen LogP contribution in [-0.4, -0.2) is 34.1 Å². The standard InChI is InChI=1S/C14H19BrN2O3/c15-14-11(4-1-7-13(14)17(19)20)10-16(8-3-9-18)12-5-2-6-12/h1,4,7,12,18H,2-3,5-6,8-10H2. The van der Waals surface area contributed by atoms with Crippen molar-refractivity contribution < 1.29 is 10.0 Å². The first kappa shape index (κ1) is 15.4. The van der Waals surface area contributed by atoms with Crippen molar-refractivity contribution in [1.82, 2.24) is 4.90 Å². The summed E-state index contributed by atoms with van der Waals surface area (Å²) in [5.41, 5.74) is 1.04. The second-order valence-electron chi connectivity index (χ2n) is 5.14. The smallest absolute Gasteiger partial charge is 0.283 e. The van der Waals surface area contributed by atoms with Crippen LogP contribution in [0.2, 0.25) is 0 Å². The Morgan fingerprint density at radius 2 is 2.20 bits per heavy atom. The highest BCUT2D eigenvalue weighted by Gasteiger charge is 2.26. The Labute approximate surface area is 126 Å². The summed E-state index contributed by atoms with van der Waals surface area (Å²) < 4.78 is 0.568. The van der Waals surface area contributed by atoms with Crippen molar-refractivity contribution in [1.29, 1.82) is 0 Å². The van der Waals surface area contributed by atoms with E-state index in [1.165, 1.54) is 25.3 Å². The number of nitrogens with zero attached hydrogens (tertiary/aromatic N) is 2. The molecule has 0 atom stereocenters. The molecule has 6 heteroatoms. The van der Waals surface area contributed by atoms with Crippen LogP contribution >= 0.6 is 15.9 Å². The van der Waals surface area contributed by atoms with Gasteiger partial charge in [-0.3, -0.25) is 15.0 Å². The SMILES string of the molecule is O=[N+]([O-])c1cccc(CN(CCCO)C2CCC2)c1Br. The van der Waals surface area contributed by atoms with E-state index >= 15 is 0 Å². The van der Waals surface area contributed by atoms with E-state index in [1.54, 1.807) is 6.07 Å². The fourth-order valence-electron chi connectivity index (χ4n) is 2.46. The Bertz CT molecular complexity index is 477. The van der Waals surface area contributed by atoms with Crippen molar-refractivity contribution in [3.05, 3.63) is 38.3 Å². The number of aliphatic hydroxyl groups is 1. The molecule has 0 amide bonds. The van der Waals surface area contributed by atoms with Gasteiger partial charge < -0.3 is 5.11 Å². The third-order valence-electron chi connectivity index (χ3n) is 3.82. The summed E-state index contributed by atoms with van der Waals surface area (Å²) in [6.45, 7) is 1.70. The number of hydrogen-bond acceptors (Lipinski definition) is 4. The monoisotopic (exact) mass is 342 g/mol. The maximum Gasteiger partial charge on any atom is 0.283 e. The number of rotatable bonds is 7. The minimum atomic E-state index is -0.366. The summed E-state index contributed by atoms with van der Waals surface area (Å²) in [6, 6.07) is 5.70. The molecule has 0 aliphatic heterocycles. The molecule has 0 saturated heterocycles. The van der Waals surface area contributed by atoms with Gasteiger partial charge in [0.05, 0.1) is 9.40 Å². The highest BCUT2D eigenvalue weighted by atomic mass is 79.9. The summed E-state index contributed by atoms with van der Waals surface area (Å²) in [6.07, 6.45) is 4.34. The normalized spacial score (nSPS) is 15.3. The average molecular weight is 343 g/mol. The van der Waals surface area contributed by atoms with Crippen LogP contribution in [0.4, 0.5) is 5.69 Å². The molecule has 0 unspecified atom stereocenters. The molecule has 1 saturated carbocycles. The first-order valence-electron chi connectivity index (χ1n) is 6.90. The van der Waals surface area contributed by atoms with Gasteiger partial charge in [-0.15, -0.1) is 0 Å². The fraction of sp³-hybridized carbons (Fsp3) is 0.571. The molecule has 20 heavy (non-hydrogen) atoms. The van der Waals surface area contributed by atoms with Crippen molar-refractivity contribution >= 4 is 21.6 Å². The molecule has 1 aromatic rings. The molecule has 110 valence electrons. The van der Waals surface area contributed by atoms with Crippen molar-refractivity contribution in [2.75, 3.05) is 13.2 Å². The highest BCUT2D eigenvalue weighted by Crippen LogP contribution is 2.32. The number of benzene rings is 1. The highest BCUT2D eigenvalue weighted by molar-refractivity contribution is 9.10. The fourth-order valence-corrected chi connectivity index (χ4v) is 3.00. The molecular formula is C14H19BrN2O3. The molecule has 1 fully saturated rings. The first-order valence-corrected chi connectivity index (χ1v) is 7.69. The van der Waals surface area contributed by atoms with Gasteiger partial charge in [-0.05, 0) is 40.8 Å². The molecule has 5 nitrogen and oxygen atoms in total. The van der Waals surface area contributed by atoms with Crippen molar-refractivity contribution in [2.24, 2.45) is 0 Å². The average Bonchev–Trinajstić information content (AvgIpc) is 2.35. The molecule has 0 aromatic heterocycles. The van der Waals surface area contributed by atoms with Crippen LogP contribution in [0.5, 0.6) is 0 Å². The second kappa shape index (κ2) is 7.15.